The molecule has 4 heteroatoms. The Hall–Kier alpha value is -0.840. The van der Waals surface area contributed by atoms with E-state index in [0.29, 0.717) is 6.04 Å². The van der Waals surface area contributed by atoms with Gasteiger partial charge in [-0.1, -0.05) is 12.1 Å². The van der Waals surface area contributed by atoms with Gasteiger partial charge >= 0.3 is 0 Å². The van der Waals surface area contributed by atoms with Crippen LogP contribution in [0.1, 0.15) is 16.9 Å². The molecule has 2 rings (SSSR count). The number of rotatable bonds is 7. The number of hydrogen-bond donors (Lipinski definition) is 1. The van der Waals surface area contributed by atoms with E-state index in [0.717, 1.165) is 25.2 Å². The lowest BCUT2D eigenvalue weighted by Crippen LogP contribution is -2.29. The zero-order valence-electron chi connectivity index (χ0n) is 11.9. The van der Waals surface area contributed by atoms with E-state index in [4.69, 9.17) is 4.74 Å². The third-order valence-electron chi connectivity index (χ3n) is 3.21. The quantitative estimate of drug-likeness (QED) is 0.795. The number of ether oxygens (including phenoxy) is 1. The predicted octanol–water partition coefficient (Wildman–Crippen LogP) is 4.42. The van der Waals surface area contributed by atoms with Gasteiger partial charge in [0.25, 0.3) is 0 Å². The predicted molar refractivity (Wildman–Crippen MR) is 89.9 cm³/mol. The van der Waals surface area contributed by atoms with Gasteiger partial charge in [0, 0.05) is 10.9 Å². The molecule has 2 aromatic rings. The van der Waals surface area contributed by atoms with Gasteiger partial charge < -0.3 is 10.1 Å². The van der Waals surface area contributed by atoms with Crippen molar-refractivity contribution in [1.29, 1.82) is 0 Å². The molecule has 2 nitrogen and oxygen atoms in total. The highest BCUT2D eigenvalue weighted by atomic mass is 79.9. The van der Waals surface area contributed by atoms with Gasteiger partial charge in [-0.2, -0.15) is 0 Å². The van der Waals surface area contributed by atoms with Crippen LogP contribution in [0.25, 0.3) is 0 Å². The van der Waals surface area contributed by atoms with Gasteiger partial charge in [0.2, 0.25) is 0 Å². The molecule has 0 fully saturated rings. The van der Waals surface area contributed by atoms with Crippen LogP contribution in [0.3, 0.4) is 0 Å². The van der Waals surface area contributed by atoms with Gasteiger partial charge in [0.05, 0.1) is 10.4 Å². The third-order valence-corrected chi connectivity index (χ3v) is 4.86. The zero-order chi connectivity index (χ0) is 14.4. The second-order valence-electron chi connectivity index (χ2n) is 4.85. The maximum atomic E-state index is 5.82. The maximum absolute atomic E-state index is 5.82. The third kappa shape index (κ3) is 4.93. The number of thiophene rings is 1. The molecule has 0 radical (unpaired) electrons. The molecule has 0 amide bonds. The lowest BCUT2D eigenvalue weighted by molar-refractivity contribution is 0.288. The lowest BCUT2D eigenvalue weighted by atomic mass is 10.1. The Bertz CT molecular complexity index is 541. The second-order valence-corrected chi connectivity index (χ2v) is 7.40. The Labute approximate surface area is 133 Å². The maximum Gasteiger partial charge on any atom is 0.119 e. The summed E-state index contributed by atoms with van der Waals surface area (Å²) in [6.07, 6.45) is 2.05. The first kappa shape index (κ1) is 15.5. The molecule has 1 N–H and O–H groups in total. The first-order valence-electron chi connectivity index (χ1n) is 6.78. The topological polar surface area (TPSA) is 21.3 Å². The summed E-state index contributed by atoms with van der Waals surface area (Å²) in [5.41, 5.74) is 1.23. The van der Waals surface area contributed by atoms with Crippen LogP contribution in [-0.2, 0) is 6.42 Å². The van der Waals surface area contributed by atoms with Gasteiger partial charge in [-0.25, -0.2) is 0 Å². The van der Waals surface area contributed by atoms with Crippen LogP contribution in [0.4, 0.5) is 0 Å². The zero-order valence-corrected chi connectivity index (χ0v) is 14.3. The standard InChI is InChI=1S/C16H20BrNOS/c1-12-4-3-5-14(10-12)19-9-8-13(18-2)11-15-6-7-16(17)20-15/h3-7,10,13,18H,8-9,11H2,1-2H3. The van der Waals surface area contributed by atoms with Crippen LogP contribution in [0.15, 0.2) is 40.2 Å². The molecule has 1 heterocycles. The van der Waals surface area contributed by atoms with Crippen LogP contribution >= 0.6 is 27.3 Å². The molecule has 1 atom stereocenters. The molecule has 0 saturated heterocycles. The Morgan fingerprint density at radius 2 is 2.15 bits per heavy atom. The van der Waals surface area contributed by atoms with E-state index in [1.807, 2.05) is 19.2 Å². The van der Waals surface area contributed by atoms with E-state index in [1.54, 1.807) is 11.3 Å². The number of benzene rings is 1. The average molecular weight is 354 g/mol. The first-order chi connectivity index (χ1) is 9.67. The van der Waals surface area contributed by atoms with E-state index in [-0.39, 0.29) is 0 Å². The lowest BCUT2D eigenvalue weighted by Gasteiger charge is -2.15. The van der Waals surface area contributed by atoms with E-state index in [9.17, 15) is 0 Å². The fourth-order valence-electron chi connectivity index (χ4n) is 2.08. The molecule has 0 bridgehead atoms. The van der Waals surface area contributed by atoms with Crippen molar-refractivity contribution < 1.29 is 4.74 Å². The van der Waals surface area contributed by atoms with Gasteiger partial charge in [-0.3, -0.25) is 0 Å². The molecule has 108 valence electrons. The van der Waals surface area contributed by atoms with Crippen LogP contribution in [0.5, 0.6) is 5.75 Å². The average Bonchev–Trinajstić information content (AvgIpc) is 2.83. The highest BCUT2D eigenvalue weighted by Gasteiger charge is 2.09. The van der Waals surface area contributed by atoms with Crippen molar-refractivity contribution in [3.8, 4) is 5.75 Å². The summed E-state index contributed by atoms with van der Waals surface area (Å²) in [5, 5.41) is 3.37. The summed E-state index contributed by atoms with van der Waals surface area (Å²) in [6.45, 7) is 2.82. The van der Waals surface area contributed by atoms with Crippen molar-refractivity contribution in [3.63, 3.8) is 0 Å². The largest absolute Gasteiger partial charge is 0.494 e. The number of nitrogens with one attached hydrogen (secondary N) is 1. The molecule has 0 spiro atoms. The number of aryl methyl sites for hydroxylation is 1. The summed E-state index contributed by atoms with van der Waals surface area (Å²) < 4.78 is 7.01. The molecule has 20 heavy (non-hydrogen) atoms. The molecule has 0 saturated carbocycles. The van der Waals surface area contributed by atoms with Crippen molar-refractivity contribution in [2.24, 2.45) is 0 Å². The minimum Gasteiger partial charge on any atom is -0.494 e. The van der Waals surface area contributed by atoms with Crippen LogP contribution in [-0.4, -0.2) is 19.7 Å². The van der Waals surface area contributed by atoms with E-state index < -0.39 is 0 Å². The fourth-order valence-corrected chi connectivity index (χ4v) is 3.64. The van der Waals surface area contributed by atoms with Crippen molar-refractivity contribution >= 4 is 27.3 Å². The molecule has 0 aliphatic carbocycles. The smallest absolute Gasteiger partial charge is 0.119 e. The monoisotopic (exact) mass is 353 g/mol. The summed E-state index contributed by atoms with van der Waals surface area (Å²) in [6, 6.07) is 12.9. The number of hydrogen-bond acceptors (Lipinski definition) is 3. The Morgan fingerprint density at radius 1 is 1.30 bits per heavy atom. The summed E-state index contributed by atoms with van der Waals surface area (Å²) >= 11 is 5.31. The van der Waals surface area contributed by atoms with Gasteiger partial charge in [0.1, 0.15) is 5.75 Å². The highest BCUT2D eigenvalue weighted by Crippen LogP contribution is 2.23. The van der Waals surface area contributed by atoms with Gasteiger partial charge in [-0.15, -0.1) is 11.3 Å². The van der Waals surface area contributed by atoms with Gasteiger partial charge in [-0.05, 0) is 72.6 Å². The van der Waals surface area contributed by atoms with Crippen molar-refractivity contribution in [3.05, 3.63) is 50.6 Å². The molecular formula is C16H20BrNOS. The summed E-state index contributed by atoms with van der Waals surface area (Å²) in [4.78, 5) is 1.40. The SMILES string of the molecule is CNC(CCOc1cccc(C)c1)Cc1ccc(Br)s1. The van der Waals surface area contributed by atoms with Crippen LogP contribution < -0.4 is 10.1 Å². The normalized spacial score (nSPS) is 12.3. The number of halogens is 1. The van der Waals surface area contributed by atoms with E-state index >= 15 is 0 Å². The molecule has 0 aliphatic heterocycles. The fraction of sp³-hybridized carbons (Fsp3) is 0.375. The Balaban J connectivity index is 1.79. The molecule has 1 unspecified atom stereocenters. The highest BCUT2D eigenvalue weighted by molar-refractivity contribution is 9.11. The minimum atomic E-state index is 0.449. The van der Waals surface area contributed by atoms with Crippen LogP contribution in [0.2, 0.25) is 0 Å². The summed E-state index contributed by atoms with van der Waals surface area (Å²) in [7, 11) is 2.01. The summed E-state index contributed by atoms with van der Waals surface area (Å²) in [5.74, 6) is 0.957. The van der Waals surface area contributed by atoms with Crippen molar-refractivity contribution in [1.82, 2.24) is 5.32 Å². The Kier molecular flexibility index (Phi) is 6.07. The van der Waals surface area contributed by atoms with E-state index in [1.165, 1.54) is 14.2 Å². The number of likely N-dealkylation sites (N-methyl/N-ethyl adjacent to an activating group) is 1. The van der Waals surface area contributed by atoms with E-state index in [2.05, 4.69) is 52.4 Å². The Morgan fingerprint density at radius 3 is 2.80 bits per heavy atom. The molecule has 0 aliphatic rings. The first-order valence-corrected chi connectivity index (χ1v) is 8.39. The molecule has 1 aromatic carbocycles. The van der Waals surface area contributed by atoms with Crippen LogP contribution in [0, 0.1) is 6.92 Å². The van der Waals surface area contributed by atoms with Crippen molar-refractivity contribution in [2.45, 2.75) is 25.8 Å². The minimum absolute atomic E-state index is 0.449. The van der Waals surface area contributed by atoms with Crippen molar-refractivity contribution in [2.75, 3.05) is 13.7 Å². The second kappa shape index (κ2) is 7.81. The molecule has 1 aromatic heterocycles. The molecular weight excluding hydrogens is 334 g/mol. The van der Waals surface area contributed by atoms with Gasteiger partial charge in [0.15, 0.2) is 0 Å².